The van der Waals surface area contributed by atoms with Gasteiger partial charge in [-0.25, -0.2) is 9.18 Å². The molecule has 1 aliphatic heterocycles. The van der Waals surface area contributed by atoms with Crippen molar-refractivity contribution in [3.8, 4) is 11.5 Å². The molecule has 38 heavy (non-hydrogen) atoms. The van der Waals surface area contributed by atoms with E-state index in [4.69, 9.17) is 4.74 Å². The van der Waals surface area contributed by atoms with E-state index in [0.29, 0.717) is 17.7 Å². The number of fused-ring (bicyclic) bond motifs is 1. The van der Waals surface area contributed by atoms with Gasteiger partial charge in [-0.3, -0.25) is 9.78 Å². The van der Waals surface area contributed by atoms with Crippen LogP contribution in [-0.2, 0) is 12.0 Å². The maximum Gasteiger partial charge on any atom is 0.573 e. The van der Waals surface area contributed by atoms with E-state index < -0.39 is 35.3 Å². The predicted octanol–water partition coefficient (Wildman–Crippen LogP) is 5.47. The van der Waals surface area contributed by atoms with Crippen molar-refractivity contribution < 1.29 is 41.7 Å². The largest absolute Gasteiger partial charge is 0.573 e. The number of halogens is 4. The highest BCUT2D eigenvalue weighted by molar-refractivity contribution is 5.97. The summed E-state index contributed by atoms with van der Waals surface area (Å²) in [5.74, 6) is -3.59. The fourth-order valence-electron chi connectivity index (χ4n) is 4.53. The van der Waals surface area contributed by atoms with Crippen LogP contribution in [0.2, 0.25) is 0 Å². The van der Waals surface area contributed by atoms with Gasteiger partial charge in [0.05, 0.1) is 12.2 Å². The minimum atomic E-state index is -5.09. The van der Waals surface area contributed by atoms with Crippen molar-refractivity contribution >= 4 is 11.9 Å². The van der Waals surface area contributed by atoms with E-state index in [0.717, 1.165) is 12.1 Å². The fourth-order valence-corrected chi connectivity index (χ4v) is 4.53. The van der Waals surface area contributed by atoms with Crippen LogP contribution >= 0.6 is 0 Å². The molecule has 1 aromatic heterocycles. The molecule has 1 aliphatic rings. The molecule has 7 nitrogen and oxygen atoms in total. The molecule has 1 atom stereocenters. The van der Waals surface area contributed by atoms with Crippen molar-refractivity contribution in [3.63, 3.8) is 0 Å². The Morgan fingerprint density at radius 3 is 2.61 bits per heavy atom. The Balaban J connectivity index is 1.79. The lowest BCUT2D eigenvalue weighted by Gasteiger charge is -2.39. The Morgan fingerprint density at radius 2 is 1.95 bits per heavy atom. The molecule has 11 heteroatoms. The summed E-state index contributed by atoms with van der Waals surface area (Å²) < 4.78 is 62.3. The molecule has 4 rings (SSSR count). The molecule has 1 amide bonds. The number of amides is 1. The summed E-state index contributed by atoms with van der Waals surface area (Å²) >= 11 is 0. The highest BCUT2D eigenvalue weighted by Crippen LogP contribution is 2.42. The molecular formula is C27H24F4N2O5. The summed E-state index contributed by atoms with van der Waals surface area (Å²) in [5.41, 5.74) is -0.386. The van der Waals surface area contributed by atoms with Gasteiger partial charge in [0.25, 0.3) is 5.91 Å². The lowest BCUT2D eigenvalue weighted by Crippen LogP contribution is -2.50. The molecule has 0 unspecified atom stereocenters. The van der Waals surface area contributed by atoms with E-state index in [-0.39, 0.29) is 41.3 Å². The second-order valence-corrected chi connectivity index (χ2v) is 9.28. The van der Waals surface area contributed by atoms with Crippen LogP contribution in [0.3, 0.4) is 0 Å². The molecule has 0 aliphatic carbocycles. The number of ether oxygens (including phenoxy) is 2. The van der Waals surface area contributed by atoms with Gasteiger partial charge in [0.1, 0.15) is 17.0 Å². The van der Waals surface area contributed by atoms with Gasteiger partial charge >= 0.3 is 12.3 Å². The van der Waals surface area contributed by atoms with Crippen LogP contribution in [0.1, 0.15) is 57.8 Å². The molecule has 0 spiro atoms. The quantitative estimate of drug-likeness (QED) is 0.392. The van der Waals surface area contributed by atoms with Gasteiger partial charge in [0, 0.05) is 18.2 Å². The number of pyridine rings is 1. The summed E-state index contributed by atoms with van der Waals surface area (Å²) in [6, 6.07) is 10.4. The first-order valence-corrected chi connectivity index (χ1v) is 11.7. The van der Waals surface area contributed by atoms with Crippen molar-refractivity contribution in [2.45, 2.75) is 38.6 Å². The summed E-state index contributed by atoms with van der Waals surface area (Å²) in [4.78, 5) is 29.6. The average molecular weight is 532 g/mol. The molecule has 3 aromatic rings. The third-order valence-electron chi connectivity index (χ3n) is 6.11. The lowest BCUT2D eigenvalue weighted by molar-refractivity contribution is -0.275. The maximum atomic E-state index is 14.8. The van der Waals surface area contributed by atoms with E-state index in [2.05, 4.69) is 15.0 Å². The predicted molar refractivity (Wildman–Crippen MR) is 128 cm³/mol. The Hall–Kier alpha value is -4.15. The number of nitrogens with zero attached hydrogens (tertiary/aromatic N) is 1. The lowest BCUT2D eigenvalue weighted by atomic mass is 9.81. The molecule has 0 radical (unpaired) electrons. The number of aromatic nitrogens is 1. The first-order chi connectivity index (χ1) is 17.9. The number of aromatic carboxylic acids is 1. The van der Waals surface area contributed by atoms with Crippen LogP contribution in [0.4, 0.5) is 17.6 Å². The average Bonchev–Trinajstić information content (AvgIpc) is 2.84. The third-order valence-corrected chi connectivity index (χ3v) is 6.11. The van der Waals surface area contributed by atoms with Gasteiger partial charge < -0.3 is 19.9 Å². The van der Waals surface area contributed by atoms with Gasteiger partial charge in [-0.2, -0.15) is 0 Å². The monoisotopic (exact) mass is 532 g/mol. The first kappa shape index (κ1) is 26.9. The zero-order valence-corrected chi connectivity index (χ0v) is 20.4. The number of benzene rings is 2. The first-order valence-electron chi connectivity index (χ1n) is 11.7. The number of carbonyl (C=O) groups is 2. The topological polar surface area (TPSA) is 97.8 Å². The van der Waals surface area contributed by atoms with Crippen LogP contribution in [-0.4, -0.2) is 34.9 Å². The zero-order chi connectivity index (χ0) is 27.7. The third kappa shape index (κ3) is 5.56. The molecule has 2 aromatic carbocycles. The summed E-state index contributed by atoms with van der Waals surface area (Å²) in [7, 11) is 0. The molecule has 200 valence electrons. The Bertz CT molecular complexity index is 1380. The Labute approximate surface area is 215 Å². The fraction of sp³-hybridized carbons (Fsp3) is 0.296. The van der Waals surface area contributed by atoms with E-state index in [1.807, 2.05) is 13.8 Å². The number of hydrogen-bond donors (Lipinski definition) is 2. The minimum absolute atomic E-state index is 0.0744. The number of carboxylic acids is 1. The maximum absolute atomic E-state index is 14.8. The van der Waals surface area contributed by atoms with Crippen LogP contribution in [0, 0.1) is 11.7 Å². The number of alkyl halides is 3. The summed E-state index contributed by atoms with van der Waals surface area (Å²) in [5, 5.41) is 12.4. The molecule has 0 saturated heterocycles. The van der Waals surface area contributed by atoms with Gasteiger partial charge in [-0.05, 0) is 65.9 Å². The van der Waals surface area contributed by atoms with Crippen molar-refractivity contribution in [2.24, 2.45) is 5.92 Å². The van der Waals surface area contributed by atoms with E-state index in [9.17, 15) is 32.3 Å². The molecule has 0 saturated carbocycles. The molecule has 0 fully saturated rings. The number of hydrogen-bond acceptors (Lipinski definition) is 5. The number of rotatable bonds is 7. The second-order valence-electron chi connectivity index (χ2n) is 9.28. The smallest absolute Gasteiger partial charge is 0.491 e. The number of carbonyl (C=O) groups excluding carboxylic acids is 1. The standard InChI is InChI=1S/C27H24F4N2O5/c1-15(2)12-17-13-16(5-7-19(17)25(35)36)24(34)33-26(9-11-37-22-4-3-10-32-23(22)26)18-6-8-21(20(28)14-18)38-27(29,30)31/h3-8,10,13-15H,9,11-12H2,1-2H3,(H,33,34)(H,35,36)/t26-/m0/s1. The normalized spacial score (nSPS) is 16.9. The Morgan fingerprint density at radius 1 is 1.18 bits per heavy atom. The highest BCUT2D eigenvalue weighted by atomic mass is 19.4. The van der Waals surface area contributed by atoms with Crippen LogP contribution in [0.15, 0.2) is 54.7 Å². The SMILES string of the molecule is CC(C)Cc1cc(C(=O)N[C@]2(c3ccc(OC(F)(F)F)c(F)c3)CCOc3cccnc32)ccc1C(=O)O. The number of nitrogens with one attached hydrogen (secondary N) is 1. The Kier molecular flexibility index (Phi) is 7.30. The highest BCUT2D eigenvalue weighted by Gasteiger charge is 2.43. The second kappa shape index (κ2) is 10.3. The van der Waals surface area contributed by atoms with E-state index >= 15 is 0 Å². The molecule has 2 N–H and O–H groups in total. The van der Waals surface area contributed by atoms with Crippen LogP contribution in [0.25, 0.3) is 0 Å². The van der Waals surface area contributed by atoms with Crippen molar-refractivity contribution in [1.29, 1.82) is 0 Å². The van der Waals surface area contributed by atoms with Crippen molar-refractivity contribution in [2.75, 3.05) is 6.61 Å². The van der Waals surface area contributed by atoms with Gasteiger partial charge in [0.15, 0.2) is 11.6 Å². The van der Waals surface area contributed by atoms with Gasteiger partial charge in [0.2, 0.25) is 0 Å². The van der Waals surface area contributed by atoms with Gasteiger partial charge in [-0.1, -0.05) is 19.9 Å². The summed E-state index contributed by atoms with van der Waals surface area (Å²) in [6.07, 6.45) is -3.13. The molecular weight excluding hydrogens is 508 g/mol. The molecule has 0 bridgehead atoms. The number of carboxylic acid groups (broad SMARTS) is 1. The zero-order valence-electron chi connectivity index (χ0n) is 20.4. The van der Waals surface area contributed by atoms with Crippen LogP contribution in [0.5, 0.6) is 11.5 Å². The minimum Gasteiger partial charge on any atom is -0.491 e. The van der Waals surface area contributed by atoms with Crippen molar-refractivity contribution in [3.05, 3.63) is 88.5 Å². The van der Waals surface area contributed by atoms with Gasteiger partial charge in [-0.15, -0.1) is 13.2 Å². The van der Waals surface area contributed by atoms with Crippen LogP contribution < -0.4 is 14.8 Å². The van der Waals surface area contributed by atoms with Crippen molar-refractivity contribution in [1.82, 2.24) is 10.3 Å². The summed E-state index contributed by atoms with van der Waals surface area (Å²) in [6.45, 7) is 3.93. The molecule has 2 heterocycles. The van der Waals surface area contributed by atoms with E-state index in [1.54, 1.807) is 12.1 Å². The van der Waals surface area contributed by atoms with E-state index in [1.165, 1.54) is 30.5 Å².